The summed E-state index contributed by atoms with van der Waals surface area (Å²) >= 11 is 1.42. The van der Waals surface area contributed by atoms with Crippen molar-refractivity contribution in [3.8, 4) is 11.1 Å². The molecule has 0 saturated carbocycles. The second-order valence-electron chi connectivity index (χ2n) is 9.30. The molecule has 4 aromatic rings. The maximum atomic E-state index is 13.0. The first-order chi connectivity index (χ1) is 17.1. The molecule has 0 aliphatic carbocycles. The van der Waals surface area contributed by atoms with Crippen molar-refractivity contribution in [1.29, 1.82) is 0 Å². The van der Waals surface area contributed by atoms with Crippen LogP contribution in [-0.2, 0) is 11.2 Å². The molecule has 6 nitrogen and oxygen atoms in total. The van der Waals surface area contributed by atoms with Crippen LogP contribution in [0.25, 0.3) is 21.3 Å². The highest BCUT2D eigenvalue weighted by Gasteiger charge is 2.28. The Labute approximate surface area is 209 Å². The van der Waals surface area contributed by atoms with E-state index in [1.807, 2.05) is 53.9 Å². The number of thiophene rings is 1. The number of rotatable bonds is 7. The maximum Gasteiger partial charge on any atom is 0.270 e. The Hall–Kier alpha value is -3.45. The number of fused-ring (bicyclic) bond motifs is 1. The number of carbonyl (C=O) groups excluding carboxylic acids is 1. The van der Waals surface area contributed by atoms with Gasteiger partial charge in [0.25, 0.3) is 5.56 Å². The van der Waals surface area contributed by atoms with Crippen LogP contribution in [0.5, 0.6) is 0 Å². The molecule has 1 saturated heterocycles. The third-order valence-corrected chi connectivity index (χ3v) is 7.66. The predicted octanol–water partition coefficient (Wildman–Crippen LogP) is 5.01. The topological polar surface area (TPSA) is 78.1 Å². The van der Waals surface area contributed by atoms with E-state index < -0.39 is 0 Å². The second-order valence-corrected chi connectivity index (χ2v) is 10.2. The Bertz CT molecular complexity index is 1350. The molecule has 0 radical (unpaired) electrons. The Morgan fingerprint density at radius 3 is 2.69 bits per heavy atom. The summed E-state index contributed by atoms with van der Waals surface area (Å²) < 4.78 is 0.631. The third kappa shape index (κ3) is 5.30. The smallest absolute Gasteiger partial charge is 0.270 e. The van der Waals surface area contributed by atoms with E-state index in [9.17, 15) is 9.59 Å². The molecule has 7 heteroatoms. The van der Waals surface area contributed by atoms with Gasteiger partial charge in [0.2, 0.25) is 11.9 Å². The normalized spacial score (nSPS) is 16.8. The molecule has 2 aromatic carbocycles. The van der Waals surface area contributed by atoms with Crippen molar-refractivity contribution in [3.05, 3.63) is 82.0 Å². The number of hydrogen-bond donors (Lipinski definition) is 2. The van der Waals surface area contributed by atoms with Gasteiger partial charge >= 0.3 is 0 Å². The van der Waals surface area contributed by atoms with Gasteiger partial charge in [0.05, 0.1) is 11.4 Å². The first-order valence-electron chi connectivity index (χ1n) is 12.2. The van der Waals surface area contributed by atoms with Crippen LogP contribution in [0.3, 0.4) is 0 Å². The van der Waals surface area contributed by atoms with Crippen molar-refractivity contribution in [2.75, 3.05) is 18.0 Å². The van der Waals surface area contributed by atoms with E-state index in [1.54, 1.807) is 0 Å². The van der Waals surface area contributed by atoms with Crippen molar-refractivity contribution >= 4 is 33.4 Å². The lowest BCUT2D eigenvalue weighted by Gasteiger charge is -2.33. The van der Waals surface area contributed by atoms with Gasteiger partial charge in [-0.15, -0.1) is 11.3 Å². The molecule has 2 unspecified atom stereocenters. The van der Waals surface area contributed by atoms with Crippen molar-refractivity contribution in [2.45, 2.75) is 38.6 Å². The third-order valence-electron chi connectivity index (χ3n) is 6.69. The molecule has 1 amide bonds. The number of nitrogens with zero attached hydrogens (tertiary/aromatic N) is 2. The number of aromatic amines is 1. The fourth-order valence-corrected chi connectivity index (χ4v) is 5.64. The molecule has 3 heterocycles. The van der Waals surface area contributed by atoms with Crippen LogP contribution >= 0.6 is 11.3 Å². The minimum absolute atomic E-state index is 0.0826. The second kappa shape index (κ2) is 10.4. The van der Waals surface area contributed by atoms with Crippen LogP contribution in [-0.4, -0.2) is 35.0 Å². The minimum Gasteiger partial charge on any atom is -0.353 e. The van der Waals surface area contributed by atoms with Crippen LogP contribution in [0.15, 0.2) is 70.8 Å². The molecule has 0 spiro atoms. The van der Waals surface area contributed by atoms with Gasteiger partial charge in [-0.05, 0) is 43.7 Å². The molecule has 2 N–H and O–H groups in total. The van der Waals surface area contributed by atoms with Gasteiger partial charge in [-0.25, -0.2) is 4.98 Å². The summed E-state index contributed by atoms with van der Waals surface area (Å²) in [6.07, 6.45) is 3.56. The number of aromatic nitrogens is 2. The van der Waals surface area contributed by atoms with Crippen LogP contribution < -0.4 is 15.8 Å². The molecular weight excluding hydrogens is 456 g/mol. The monoisotopic (exact) mass is 486 g/mol. The highest BCUT2D eigenvalue weighted by atomic mass is 32.1. The van der Waals surface area contributed by atoms with Gasteiger partial charge in [-0.1, -0.05) is 60.7 Å². The van der Waals surface area contributed by atoms with Crippen molar-refractivity contribution < 1.29 is 4.79 Å². The average molecular weight is 487 g/mol. The van der Waals surface area contributed by atoms with Crippen molar-refractivity contribution in [2.24, 2.45) is 5.92 Å². The summed E-state index contributed by atoms with van der Waals surface area (Å²) in [5, 5.41) is 5.20. The van der Waals surface area contributed by atoms with E-state index in [-0.39, 0.29) is 23.4 Å². The molecule has 35 heavy (non-hydrogen) atoms. The van der Waals surface area contributed by atoms with Gasteiger partial charge in [0.1, 0.15) is 4.70 Å². The highest BCUT2D eigenvalue weighted by molar-refractivity contribution is 7.17. The number of carbonyl (C=O) groups is 1. The molecule has 5 rings (SSSR count). The zero-order valence-electron chi connectivity index (χ0n) is 19.9. The summed E-state index contributed by atoms with van der Waals surface area (Å²) in [5.74, 6) is 0.506. The Kier molecular flexibility index (Phi) is 6.95. The van der Waals surface area contributed by atoms with Gasteiger partial charge in [0.15, 0.2) is 0 Å². The number of amides is 1. The Balaban J connectivity index is 1.28. The molecule has 1 aliphatic rings. The number of benzene rings is 2. The van der Waals surface area contributed by atoms with Gasteiger partial charge in [-0.3, -0.25) is 14.6 Å². The minimum atomic E-state index is -0.127. The van der Waals surface area contributed by atoms with E-state index in [0.717, 1.165) is 48.9 Å². The molecule has 2 aromatic heterocycles. The fourth-order valence-electron chi connectivity index (χ4n) is 4.73. The molecule has 0 bridgehead atoms. The fraction of sp³-hybridized carbons (Fsp3) is 0.321. The SMILES string of the molecule is CC(CCc1ccccc1)NC(=O)C1CCCN(c2nc3c(-c4ccccc4)csc3c(=O)[nH]2)C1. The molecule has 1 fully saturated rings. The van der Waals surface area contributed by atoms with E-state index in [4.69, 9.17) is 4.98 Å². The summed E-state index contributed by atoms with van der Waals surface area (Å²) in [6, 6.07) is 20.5. The van der Waals surface area contributed by atoms with E-state index in [1.165, 1.54) is 16.9 Å². The maximum absolute atomic E-state index is 13.0. The molecular formula is C28H30N4O2S. The highest BCUT2D eigenvalue weighted by Crippen LogP contribution is 2.32. The molecule has 1 aliphatic heterocycles. The van der Waals surface area contributed by atoms with Gasteiger partial charge in [-0.2, -0.15) is 0 Å². The lowest BCUT2D eigenvalue weighted by Crippen LogP contribution is -2.46. The predicted molar refractivity (Wildman–Crippen MR) is 143 cm³/mol. The summed E-state index contributed by atoms with van der Waals surface area (Å²) in [6.45, 7) is 3.39. The number of nitrogens with one attached hydrogen (secondary N) is 2. The zero-order chi connectivity index (χ0) is 24.2. The summed E-state index contributed by atoms with van der Waals surface area (Å²) in [5.41, 5.74) is 3.89. The lowest BCUT2D eigenvalue weighted by atomic mass is 9.96. The number of piperidine rings is 1. The number of aryl methyl sites for hydroxylation is 1. The first-order valence-corrected chi connectivity index (χ1v) is 13.1. The summed E-state index contributed by atoms with van der Waals surface area (Å²) in [4.78, 5) is 35.8. The Morgan fingerprint density at radius 2 is 1.91 bits per heavy atom. The van der Waals surface area contributed by atoms with Crippen molar-refractivity contribution in [1.82, 2.24) is 15.3 Å². The van der Waals surface area contributed by atoms with Crippen LogP contribution in [0, 0.1) is 5.92 Å². The lowest BCUT2D eigenvalue weighted by molar-refractivity contribution is -0.125. The van der Waals surface area contributed by atoms with E-state index >= 15 is 0 Å². The van der Waals surface area contributed by atoms with Crippen molar-refractivity contribution in [3.63, 3.8) is 0 Å². The summed E-state index contributed by atoms with van der Waals surface area (Å²) in [7, 11) is 0. The molecule has 180 valence electrons. The van der Waals surface area contributed by atoms with Gasteiger partial charge < -0.3 is 10.2 Å². The van der Waals surface area contributed by atoms with Crippen LogP contribution in [0.2, 0.25) is 0 Å². The van der Waals surface area contributed by atoms with Crippen LogP contribution in [0.4, 0.5) is 5.95 Å². The number of anilines is 1. The Morgan fingerprint density at radius 1 is 1.17 bits per heavy atom. The number of hydrogen-bond acceptors (Lipinski definition) is 5. The zero-order valence-corrected chi connectivity index (χ0v) is 20.7. The van der Waals surface area contributed by atoms with E-state index in [2.05, 4.69) is 34.3 Å². The number of H-pyrrole nitrogens is 1. The first kappa shape index (κ1) is 23.3. The quantitative estimate of drug-likeness (QED) is 0.385. The largest absolute Gasteiger partial charge is 0.353 e. The standard InChI is InChI=1S/C28H30N4O2S/c1-19(14-15-20-9-4-2-5-10-20)29-26(33)22-13-8-16-32(17-22)28-30-24-23(21-11-6-3-7-12-21)18-35-25(24)27(34)31-28/h2-7,9-12,18-19,22H,8,13-17H2,1H3,(H,29,33)(H,30,31,34). The van der Waals surface area contributed by atoms with E-state index in [0.29, 0.717) is 17.2 Å². The molecule has 2 atom stereocenters. The average Bonchev–Trinajstić information content (AvgIpc) is 3.33. The van der Waals surface area contributed by atoms with Crippen LogP contribution in [0.1, 0.15) is 31.7 Å². The van der Waals surface area contributed by atoms with Gasteiger partial charge in [0, 0.05) is 30.1 Å².